The van der Waals surface area contributed by atoms with Gasteiger partial charge in [-0.3, -0.25) is 4.79 Å². The lowest BCUT2D eigenvalue weighted by Gasteiger charge is -2.25. The number of rotatable bonds is 6. The van der Waals surface area contributed by atoms with E-state index in [0.29, 0.717) is 19.8 Å². The minimum absolute atomic E-state index is 0.0900. The van der Waals surface area contributed by atoms with Crippen LogP contribution in [-0.4, -0.2) is 38.4 Å². The summed E-state index contributed by atoms with van der Waals surface area (Å²) in [5.74, 6) is 0.594. The molecule has 0 radical (unpaired) electrons. The predicted molar refractivity (Wildman–Crippen MR) is 64.7 cm³/mol. The molecule has 2 unspecified atom stereocenters. The van der Waals surface area contributed by atoms with Crippen molar-refractivity contribution in [2.45, 2.75) is 38.6 Å². The number of hydrogen-bond donors (Lipinski definition) is 1. The Balaban J connectivity index is 1.66. The van der Waals surface area contributed by atoms with Crippen LogP contribution in [0.3, 0.4) is 0 Å². The van der Waals surface area contributed by atoms with Gasteiger partial charge in [-0.2, -0.15) is 0 Å². The van der Waals surface area contributed by atoms with Crippen molar-refractivity contribution in [2.75, 3.05) is 26.4 Å². The molecule has 4 nitrogen and oxygen atoms in total. The molecule has 1 saturated carbocycles. The highest BCUT2D eigenvalue weighted by Crippen LogP contribution is 2.29. The topological polar surface area (TPSA) is 47.6 Å². The van der Waals surface area contributed by atoms with Gasteiger partial charge in [0.2, 0.25) is 0 Å². The minimum Gasteiger partial charge on any atom is -0.465 e. The Labute approximate surface area is 103 Å². The Morgan fingerprint density at radius 1 is 1.41 bits per heavy atom. The van der Waals surface area contributed by atoms with Crippen molar-refractivity contribution >= 4 is 5.97 Å². The highest BCUT2D eigenvalue weighted by atomic mass is 16.5. The van der Waals surface area contributed by atoms with Gasteiger partial charge in [0.25, 0.3) is 0 Å². The zero-order valence-electron chi connectivity index (χ0n) is 10.6. The zero-order valence-corrected chi connectivity index (χ0v) is 10.6. The fourth-order valence-corrected chi connectivity index (χ4v) is 2.46. The summed E-state index contributed by atoms with van der Waals surface area (Å²) in [6, 6.07) is 0.135. The third-order valence-corrected chi connectivity index (χ3v) is 3.84. The highest BCUT2D eigenvalue weighted by molar-refractivity contribution is 5.73. The van der Waals surface area contributed by atoms with Gasteiger partial charge in [0.15, 0.2) is 0 Å². The summed E-state index contributed by atoms with van der Waals surface area (Å²) >= 11 is 0. The minimum atomic E-state index is -0.114. The molecule has 0 bridgehead atoms. The second-order valence-corrected chi connectivity index (χ2v) is 5.06. The number of nitrogens with one attached hydrogen (secondary N) is 1. The van der Waals surface area contributed by atoms with E-state index >= 15 is 0 Å². The molecule has 0 amide bonds. The first-order chi connectivity index (χ1) is 8.31. The van der Waals surface area contributed by atoms with E-state index in [0.717, 1.165) is 18.9 Å². The summed E-state index contributed by atoms with van der Waals surface area (Å²) in [6.45, 7) is 4.60. The molecule has 0 aromatic heterocycles. The van der Waals surface area contributed by atoms with Crippen molar-refractivity contribution in [2.24, 2.45) is 11.8 Å². The van der Waals surface area contributed by atoms with Crippen molar-refractivity contribution in [3.63, 3.8) is 0 Å². The maximum absolute atomic E-state index is 11.9. The predicted octanol–water partition coefficient (Wildman–Crippen LogP) is 1.34. The van der Waals surface area contributed by atoms with Crippen LogP contribution in [0.2, 0.25) is 0 Å². The number of hydrogen-bond acceptors (Lipinski definition) is 4. The molecule has 1 aliphatic heterocycles. The van der Waals surface area contributed by atoms with Crippen molar-refractivity contribution in [3.8, 4) is 0 Å². The fourth-order valence-electron chi connectivity index (χ4n) is 2.46. The van der Waals surface area contributed by atoms with Crippen molar-refractivity contribution < 1.29 is 14.3 Å². The van der Waals surface area contributed by atoms with E-state index in [2.05, 4.69) is 5.32 Å². The Morgan fingerprint density at radius 2 is 2.24 bits per heavy atom. The molecule has 4 heteroatoms. The van der Waals surface area contributed by atoms with E-state index in [1.165, 1.54) is 19.3 Å². The molecular formula is C13H23NO3. The second-order valence-electron chi connectivity index (χ2n) is 5.06. The van der Waals surface area contributed by atoms with Crippen LogP contribution in [0.15, 0.2) is 0 Å². The molecule has 1 N–H and O–H groups in total. The van der Waals surface area contributed by atoms with Gasteiger partial charge in [0.05, 0.1) is 25.7 Å². The van der Waals surface area contributed by atoms with Crippen LogP contribution >= 0.6 is 0 Å². The number of carbonyl (C=O) groups excluding carboxylic acids is 1. The van der Waals surface area contributed by atoms with E-state index < -0.39 is 0 Å². The number of ether oxygens (including phenoxy) is 2. The van der Waals surface area contributed by atoms with Gasteiger partial charge in [-0.25, -0.2) is 0 Å². The average molecular weight is 241 g/mol. The van der Waals surface area contributed by atoms with Crippen LogP contribution in [0.1, 0.15) is 32.6 Å². The van der Waals surface area contributed by atoms with Crippen LogP contribution in [-0.2, 0) is 14.3 Å². The number of carbonyl (C=O) groups is 1. The quantitative estimate of drug-likeness (QED) is 0.713. The van der Waals surface area contributed by atoms with E-state index in [-0.39, 0.29) is 17.9 Å². The lowest BCUT2D eigenvalue weighted by atomic mass is 9.83. The summed E-state index contributed by atoms with van der Waals surface area (Å²) < 4.78 is 10.7. The maximum atomic E-state index is 11.9. The van der Waals surface area contributed by atoms with Crippen molar-refractivity contribution in [1.29, 1.82) is 0 Å². The van der Waals surface area contributed by atoms with Gasteiger partial charge in [-0.05, 0) is 18.9 Å². The summed E-state index contributed by atoms with van der Waals surface area (Å²) in [5, 5.41) is 3.27. The SMILES string of the molecule is CCNC1COCC1C(=O)OCCC1CCC1. The van der Waals surface area contributed by atoms with Crippen molar-refractivity contribution in [1.82, 2.24) is 5.32 Å². The van der Waals surface area contributed by atoms with E-state index in [4.69, 9.17) is 9.47 Å². The molecule has 98 valence electrons. The molecular weight excluding hydrogens is 218 g/mol. The third kappa shape index (κ3) is 3.42. The lowest BCUT2D eigenvalue weighted by Crippen LogP contribution is -2.40. The molecule has 1 saturated heterocycles. The van der Waals surface area contributed by atoms with Crippen LogP contribution < -0.4 is 5.32 Å². The normalized spacial score (nSPS) is 29.0. The number of likely N-dealkylation sites (N-methyl/N-ethyl adjacent to an activating group) is 1. The Kier molecular flexibility index (Phi) is 4.80. The van der Waals surface area contributed by atoms with Crippen LogP contribution in [0.4, 0.5) is 0 Å². The Morgan fingerprint density at radius 3 is 2.88 bits per heavy atom. The van der Waals surface area contributed by atoms with Gasteiger partial charge in [-0.15, -0.1) is 0 Å². The summed E-state index contributed by atoms with van der Waals surface area (Å²) in [7, 11) is 0. The lowest BCUT2D eigenvalue weighted by molar-refractivity contribution is -0.149. The number of esters is 1. The smallest absolute Gasteiger partial charge is 0.312 e. The zero-order chi connectivity index (χ0) is 12.1. The molecule has 2 atom stereocenters. The first kappa shape index (κ1) is 12.8. The first-order valence-electron chi connectivity index (χ1n) is 6.79. The average Bonchev–Trinajstić information content (AvgIpc) is 2.70. The second kappa shape index (κ2) is 6.36. The molecule has 17 heavy (non-hydrogen) atoms. The highest BCUT2D eigenvalue weighted by Gasteiger charge is 2.34. The largest absolute Gasteiger partial charge is 0.465 e. The van der Waals surface area contributed by atoms with E-state index in [1.807, 2.05) is 6.92 Å². The molecule has 1 aliphatic carbocycles. The summed E-state index contributed by atoms with van der Waals surface area (Å²) in [5.41, 5.74) is 0. The van der Waals surface area contributed by atoms with Gasteiger partial charge >= 0.3 is 5.97 Å². The van der Waals surface area contributed by atoms with E-state index in [1.54, 1.807) is 0 Å². The Bertz CT molecular complexity index is 253. The van der Waals surface area contributed by atoms with E-state index in [9.17, 15) is 4.79 Å². The van der Waals surface area contributed by atoms with Gasteiger partial charge in [-0.1, -0.05) is 26.2 Å². The standard InChI is InChI=1S/C13H23NO3/c1-2-14-12-9-16-8-11(12)13(15)17-7-6-10-4-3-5-10/h10-12,14H,2-9H2,1H3. The van der Waals surface area contributed by atoms with Gasteiger partial charge in [0, 0.05) is 6.04 Å². The van der Waals surface area contributed by atoms with Crippen LogP contribution in [0, 0.1) is 11.8 Å². The monoisotopic (exact) mass is 241 g/mol. The summed E-state index contributed by atoms with van der Waals surface area (Å²) in [6.07, 6.45) is 5.00. The first-order valence-corrected chi connectivity index (χ1v) is 6.79. The molecule has 0 spiro atoms. The molecule has 0 aromatic carbocycles. The fraction of sp³-hybridized carbons (Fsp3) is 0.923. The molecule has 2 fully saturated rings. The third-order valence-electron chi connectivity index (χ3n) is 3.84. The molecule has 0 aromatic rings. The Hall–Kier alpha value is -0.610. The van der Waals surface area contributed by atoms with Gasteiger partial charge < -0.3 is 14.8 Å². The van der Waals surface area contributed by atoms with Crippen LogP contribution in [0.5, 0.6) is 0 Å². The van der Waals surface area contributed by atoms with Gasteiger partial charge in [0.1, 0.15) is 0 Å². The molecule has 2 rings (SSSR count). The van der Waals surface area contributed by atoms with Crippen molar-refractivity contribution in [3.05, 3.63) is 0 Å². The van der Waals surface area contributed by atoms with Crippen LogP contribution in [0.25, 0.3) is 0 Å². The molecule has 2 aliphatic rings. The summed E-state index contributed by atoms with van der Waals surface area (Å²) in [4.78, 5) is 11.9. The molecule has 1 heterocycles. The maximum Gasteiger partial charge on any atom is 0.312 e.